The fourth-order valence-corrected chi connectivity index (χ4v) is 2.41. The SMILES string of the molecule is C=C(NNC(=S)Nc1ccc(OCC)cc1)c1cccc(Br)c1. The number of hydrogen-bond donors (Lipinski definition) is 3. The lowest BCUT2D eigenvalue weighted by atomic mass is 10.2. The van der Waals surface area contributed by atoms with E-state index in [2.05, 4.69) is 38.7 Å². The summed E-state index contributed by atoms with van der Waals surface area (Å²) in [6.07, 6.45) is 0. The zero-order valence-corrected chi connectivity index (χ0v) is 15.1. The van der Waals surface area contributed by atoms with Gasteiger partial charge in [0.05, 0.1) is 12.3 Å². The third kappa shape index (κ3) is 5.58. The Hall–Kier alpha value is -2.05. The van der Waals surface area contributed by atoms with Gasteiger partial charge in [-0.15, -0.1) is 0 Å². The molecular formula is C17H18BrN3OS. The summed E-state index contributed by atoms with van der Waals surface area (Å²) in [7, 11) is 0. The molecule has 0 bridgehead atoms. The third-order valence-corrected chi connectivity index (χ3v) is 3.62. The number of benzene rings is 2. The van der Waals surface area contributed by atoms with E-state index in [1.807, 2.05) is 55.5 Å². The molecule has 2 rings (SSSR count). The maximum atomic E-state index is 5.40. The molecule has 0 aliphatic heterocycles. The number of hydrogen-bond acceptors (Lipinski definition) is 3. The Kier molecular flexibility index (Phi) is 6.43. The molecule has 0 fully saturated rings. The van der Waals surface area contributed by atoms with Crippen LogP contribution in [0.25, 0.3) is 5.70 Å². The monoisotopic (exact) mass is 391 g/mol. The first-order valence-electron chi connectivity index (χ1n) is 7.09. The van der Waals surface area contributed by atoms with E-state index < -0.39 is 0 Å². The lowest BCUT2D eigenvalue weighted by Gasteiger charge is -2.14. The minimum absolute atomic E-state index is 0.449. The van der Waals surface area contributed by atoms with Crippen molar-refractivity contribution in [1.29, 1.82) is 0 Å². The molecule has 4 nitrogen and oxygen atoms in total. The second kappa shape index (κ2) is 8.55. The van der Waals surface area contributed by atoms with Crippen molar-refractivity contribution in [2.24, 2.45) is 0 Å². The topological polar surface area (TPSA) is 45.3 Å². The van der Waals surface area contributed by atoms with Gasteiger partial charge in [0.15, 0.2) is 5.11 Å². The Morgan fingerprint density at radius 2 is 1.91 bits per heavy atom. The second-order valence-corrected chi connectivity index (χ2v) is 5.97. The van der Waals surface area contributed by atoms with Gasteiger partial charge >= 0.3 is 0 Å². The highest BCUT2D eigenvalue weighted by atomic mass is 79.9. The smallest absolute Gasteiger partial charge is 0.189 e. The molecule has 0 amide bonds. The van der Waals surface area contributed by atoms with Crippen molar-refractivity contribution in [3.63, 3.8) is 0 Å². The van der Waals surface area contributed by atoms with Crippen molar-refractivity contribution in [1.82, 2.24) is 10.9 Å². The van der Waals surface area contributed by atoms with Crippen LogP contribution in [0, 0.1) is 0 Å². The van der Waals surface area contributed by atoms with Crippen molar-refractivity contribution in [3.8, 4) is 5.75 Å². The van der Waals surface area contributed by atoms with Crippen molar-refractivity contribution < 1.29 is 4.74 Å². The van der Waals surface area contributed by atoms with Crippen molar-refractivity contribution >= 4 is 44.6 Å². The molecule has 23 heavy (non-hydrogen) atoms. The van der Waals surface area contributed by atoms with E-state index in [1.54, 1.807) is 0 Å². The van der Waals surface area contributed by atoms with Gasteiger partial charge in [-0.05, 0) is 61.1 Å². The summed E-state index contributed by atoms with van der Waals surface area (Å²) in [5, 5.41) is 3.53. The third-order valence-electron chi connectivity index (χ3n) is 2.92. The Morgan fingerprint density at radius 1 is 1.17 bits per heavy atom. The predicted molar refractivity (Wildman–Crippen MR) is 103 cm³/mol. The summed E-state index contributed by atoms with van der Waals surface area (Å²) in [5.41, 5.74) is 8.47. The van der Waals surface area contributed by atoms with E-state index in [9.17, 15) is 0 Å². The first-order valence-corrected chi connectivity index (χ1v) is 8.29. The number of halogens is 1. The van der Waals surface area contributed by atoms with Crippen LogP contribution in [0.4, 0.5) is 5.69 Å². The molecule has 0 atom stereocenters. The number of thiocarbonyl (C=S) groups is 1. The van der Waals surface area contributed by atoms with Crippen molar-refractivity contribution in [2.45, 2.75) is 6.92 Å². The summed E-state index contributed by atoms with van der Waals surface area (Å²) < 4.78 is 6.39. The quantitative estimate of drug-likeness (QED) is 0.505. The lowest BCUT2D eigenvalue weighted by Crippen LogP contribution is -2.38. The first-order chi connectivity index (χ1) is 11.1. The number of ether oxygens (including phenoxy) is 1. The zero-order chi connectivity index (χ0) is 16.7. The van der Waals surface area contributed by atoms with Crippen LogP contribution in [-0.4, -0.2) is 11.7 Å². The average Bonchev–Trinajstić information content (AvgIpc) is 2.55. The summed E-state index contributed by atoms with van der Waals surface area (Å²) in [5.74, 6) is 0.832. The first kappa shape index (κ1) is 17.3. The number of hydrazine groups is 1. The highest BCUT2D eigenvalue weighted by Crippen LogP contribution is 2.16. The minimum atomic E-state index is 0.449. The highest BCUT2D eigenvalue weighted by Gasteiger charge is 2.01. The summed E-state index contributed by atoms with van der Waals surface area (Å²) in [4.78, 5) is 0. The van der Waals surface area contributed by atoms with Gasteiger partial charge in [-0.1, -0.05) is 34.6 Å². The molecule has 0 aliphatic carbocycles. The maximum Gasteiger partial charge on any atom is 0.189 e. The molecular weight excluding hydrogens is 374 g/mol. The van der Waals surface area contributed by atoms with Crippen LogP contribution in [0.1, 0.15) is 12.5 Å². The zero-order valence-electron chi connectivity index (χ0n) is 12.7. The largest absolute Gasteiger partial charge is 0.494 e. The van der Waals surface area contributed by atoms with Gasteiger partial charge in [0.2, 0.25) is 0 Å². The Bertz CT molecular complexity index is 688. The molecule has 3 N–H and O–H groups in total. The second-order valence-electron chi connectivity index (χ2n) is 4.65. The maximum absolute atomic E-state index is 5.40. The summed E-state index contributed by atoms with van der Waals surface area (Å²) in [6.45, 7) is 6.58. The molecule has 0 spiro atoms. The van der Waals surface area contributed by atoms with Crippen LogP contribution >= 0.6 is 28.1 Å². The summed E-state index contributed by atoms with van der Waals surface area (Å²) in [6, 6.07) is 15.4. The predicted octanol–water partition coefficient (Wildman–Crippen LogP) is 4.31. The van der Waals surface area contributed by atoms with Crippen LogP contribution in [0.2, 0.25) is 0 Å². The Labute approximate surface area is 150 Å². The molecule has 0 aliphatic rings. The lowest BCUT2D eigenvalue weighted by molar-refractivity contribution is 0.340. The minimum Gasteiger partial charge on any atom is -0.494 e. The van der Waals surface area contributed by atoms with E-state index >= 15 is 0 Å². The molecule has 0 heterocycles. The van der Waals surface area contributed by atoms with Gasteiger partial charge in [-0.3, -0.25) is 10.9 Å². The molecule has 2 aromatic carbocycles. The van der Waals surface area contributed by atoms with Gasteiger partial charge in [-0.25, -0.2) is 0 Å². The molecule has 0 saturated heterocycles. The fraction of sp³-hybridized carbons (Fsp3) is 0.118. The molecule has 0 unspecified atom stereocenters. The number of nitrogens with one attached hydrogen (secondary N) is 3. The van der Waals surface area contributed by atoms with E-state index in [1.165, 1.54) is 0 Å². The molecule has 0 saturated carbocycles. The van der Waals surface area contributed by atoms with Gasteiger partial charge in [0.1, 0.15) is 5.75 Å². The Balaban J connectivity index is 1.84. The standard InChI is InChI=1S/C17H18BrN3OS/c1-3-22-16-9-7-15(8-10-16)19-17(23)21-20-12(2)13-5-4-6-14(18)11-13/h4-11,20H,2-3H2,1H3,(H2,19,21,23). The van der Waals surface area contributed by atoms with Crippen LogP contribution in [0.5, 0.6) is 5.75 Å². The Morgan fingerprint density at radius 3 is 2.57 bits per heavy atom. The molecule has 6 heteroatoms. The van der Waals surface area contributed by atoms with E-state index in [4.69, 9.17) is 17.0 Å². The summed E-state index contributed by atoms with van der Waals surface area (Å²) >= 11 is 8.68. The van der Waals surface area contributed by atoms with Crippen LogP contribution < -0.4 is 20.9 Å². The average molecular weight is 392 g/mol. The van der Waals surface area contributed by atoms with Crippen LogP contribution in [-0.2, 0) is 0 Å². The van der Waals surface area contributed by atoms with Gasteiger partial charge in [-0.2, -0.15) is 0 Å². The number of anilines is 1. The molecule has 0 aromatic heterocycles. The van der Waals surface area contributed by atoms with Crippen LogP contribution in [0.15, 0.2) is 59.6 Å². The van der Waals surface area contributed by atoms with Gasteiger partial charge in [0, 0.05) is 10.2 Å². The van der Waals surface area contributed by atoms with E-state index in [-0.39, 0.29) is 0 Å². The van der Waals surface area contributed by atoms with E-state index in [0.717, 1.165) is 27.2 Å². The number of rotatable bonds is 6. The van der Waals surface area contributed by atoms with Crippen molar-refractivity contribution in [3.05, 3.63) is 65.1 Å². The van der Waals surface area contributed by atoms with Crippen LogP contribution in [0.3, 0.4) is 0 Å². The molecule has 2 aromatic rings. The van der Waals surface area contributed by atoms with Gasteiger partial charge < -0.3 is 10.1 Å². The van der Waals surface area contributed by atoms with Gasteiger partial charge in [0.25, 0.3) is 0 Å². The molecule has 0 radical (unpaired) electrons. The normalized spacial score (nSPS) is 9.83. The van der Waals surface area contributed by atoms with Crippen molar-refractivity contribution in [2.75, 3.05) is 11.9 Å². The fourth-order valence-electron chi connectivity index (χ4n) is 1.84. The van der Waals surface area contributed by atoms with E-state index in [0.29, 0.717) is 11.7 Å². The highest BCUT2D eigenvalue weighted by molar-refractivity contribution is 9.10. The molecule has 120 valence electrons.